The van der Waals surface area contributed by atoms with Crippen LogP contribution in [0, 0.1) is 0 Å². The van der Waals surface area contributed by atoms with Crippen LogP contribution in [0.25, 0.3) is 0 Å². The highest BCUT2D eigenvalue weighted by Crippen LogP contribution is 2.20. The number of aryl methyl sites for hydroxylation is 1. The zero-order chi connectivity index (χ0) is 13.5. The minimum atomic E-state index is 0.595. The van der Waals surface area contributed by atoms with Gasteiger partial charge in [-0.2, -0.15) is 0 Å². The Balaban J connectivity index is 2.67. The molecule has 0 fully saturated rings. The molecule has 1 rings (SSSR count). The molecule has 0 saturated carbocycles. The van der Waals surface area contributed by atoms with Gasteiger partial charge in [-0.3, -0.25) is 0 Å². The molecule has 2 nitrogen and oxygen atoms in total. The molecule has 0 N–H and O–H groups in total. The van der Waals surface area contributed by atoms with Crippen molar-refractivity contribution in [2.24, 2.45) is 0 Å². The first kappa shape index (κ1) is 15.3. The fourth-order valence-corrected chi connectivity index (χ4v) is 2.73. The SMILES string of the molecule is CCCCCCC(C)n1cc[n+](CC)c1C(C)C. The number of aromatic nitrogens is 2. The molecule has 1 atom stereocenters. The van der Waals surface area contributed by atoms with Gasteiger partial charge in [-0.05, 0) is 26.7 Å². The maximum atomic E-state index is 2.49. The highest BCUT2D eigenvalue weighted by atomic mass is 15.2. The molecule has 0 aliphatic carbocycles. The molecule has 1 unspecified atom stereocenters. The molecule has 0 saturated heterocycles. The Labute approximate surface area is 113 Å². The molecular formula is C16H31N2+. The van der Waals surface area contributed by atoms with Crippen molar-refractivity contribution in [2.75, 3.05) is 0 Å². The van der Waals surface area contributed by atoms with Crippen LogP contribution in [0.15, 0.2) is 12.4 Å². The van der Waals surface area contributed by atoms with Crippen molar-refractivity contribution in [2.45, 2.75) is 85.2 Å². The Bertz CT molecular complexity index is 339. The fraction of sp³-hybridized carbons (Fsp3) is 0.812. The predicted molar refractivity (Wildman–Crippen MR) is 77.9 cm³/mol. The van der Waals surface area contributed by atoms with E-state index in [9.17, 15) is 0 Å². The van der Waals surface area contributed by atoms with Crippen molar-refractivity contribution in [3.63, 3.8) is 0 Å². The molecule has 0 aliphatic heterocycles. The molecule has 1 aromatic rings. The molecule has 0 radical (unpaired) electrons. The Kier molecular flexibility index (Phi) is 6.45. The first-order valence-corrected chi connectivity index (χ1v) is 7.71. The van der Waals surface area contributed by atoms with Crippen LogP contribution in [0.5, 0.6) is 0 Å². The van der Waals surface area contributed by atoms with Crippen molar-refractivity contribution in [3.8, 4) is 0 Å². The lowest BCUT2D eigenvalue weighted by Gasteiger charge is -2.13. The average molecular weight is 251 g/mol. The standard InChI is InChI=1S/C16H31N2/c1-6-8-9-10-11-15(5)18-13-12-17(7-2)16(18)14(3)4/h12-15H,6-11H2,1-5H3/q+1. The third-order valence-corrected chi connectivity index (χ3v) is 3.77. The van der Waals surface area contributed by atoms with E-state index in [2.05, 4.69) is 56.1 Å². The van der Waals surface area contributed by atoms with Crippen molar-refractivity contribution in [1.82, 2.24) is 4.57 Å². The lowest BCUT2D eigenvalue weighted by Crippen LogP contribution is -2.37. The number of unbranched alkanes of at least 4 members (excludes halogenated alkanes) is 3. The van der Waals surface area contributed by atoms with E-state index in [0.717, 1.165) is 6.54 Å². The first-order chi connectivity index (χ1) is 8.61. The van der Waals surface area contributed by atoms with Crippen LogP contribution >= 0.6 is 0 Å². The quantitative estimate of drug-likeness (QED) is 0.477. The summed E-state index contributed by atoms with van der Waals surface area (Å²) in [5, 5.41) is 0. The number of imidazole rings is 1. The van der Waals surface area contributed by atoms with Gasteiger partial charge in [0.05, 0.1) is 18.5 Å². The monoisotopic (exact) mass is 251 g/mol. The van der Waals surface area contributed by atoms with E-state index in [1.54, 1.807) is 0 Å². The molecule has 0 bridgehead atoms. The smallest absolute Gasteiger partial charge is 0.234 e. The molecule has 1 aromatic heterocycles. The molecule has 18 heavy (non-hydrogen) atoms. The highest BCUT2D eigenvalue weighted by Gasteiger charge is 2.23. The summed E-state index contributed by atoms with van der Waals surface area (Å²) in [4.78, 5) is 0. The van der Waals surface area contributed by atoms with E-state index in [-0.39, 0.29) is 0 Å². The van der Waals surface area contributed by atoms with Crippen LogP contribution < -0.4 is 4.57 Å². The van der Waals surface area contributed by atoms with Crippen molar-refractivity contribution in [3.05, 3.63) is 18.2 Å². The summed E-state index contributed by atoms with van der Waals surface area (Å²) >= 11 is 0. The van der Waals surface area contributed by atoms with Crippen LogP contribution in [0.4, 0.5) is 0 Å². The van der Waals surface area contributed by atoms with Crippen LogP contribution in [0.1, 0.15) is 84.5 Å². The van der Waals surface area contributed by atoms with E-state index in [0.29, 0.717) is 12.0 Å². The van der Waals surface area contributed by atoms with Crippen LogP contribution in [-0.4, -0.2) is 4.57 Å². The summed E-state index contributed by atoms with van der Waals surface area (Å²) in [6, 6.07) is 0.632. The Morgan fingerprint density at radius 3 is 2.39 bits per heavy atom. The maximum absolute atomic E-state index is 2.49. The van der Waals surface area contributed by atoms with Gasteiger partial charge in [-0.1, -0.05) is 40.0 Å². The number of rotatable bonds is 8. The highest BCUT2D eigenvalue weighted by molar-refractivity contribution is 4.92. The molecule has 0 spiro atoms. The summed E-state index contributed by atoms with van der Waals surface area (Å²) in [6.07, 6.45) is 11.2. The Morgan fingerprint density at radius 2 is 1.83 bits per heavy atom. The van der Waals surface area contributed by atoms with Crippen molar-refractivity contribution < 1.29 is 4.57 Å². The lowest BCUT2D eigenvalue weighted by atomic mass is 10.1. The summed E-state index contributed by atoms with van der Waals surface area (Å²) in [7, 11) is 0. The summed E-state index contributed by atoms with van der Waals surface area (Å²) in [6.45, 7) is 12.5. The normalized spacial score (nSPS) is 13.2. The summed E-state index contributed by atoms with van der Waals surface area (Å²) in [5.74, 6) is 2.07. The minimum Gasteiger partial charge on any atom is -0.234 e. The number of hydrogen-bond donors (Lipinski definition) is 0. The zero-order valence-corrected chi connectivity index (χ0v) is 12.9. The van der Waals surface area contributed by atoms with E-state index in [1.807, 2.05) is 0 Å². The third kappa shape index (κ3) is 3.86. The first-order valence-electron chi connectivity index (χ1n) is 7.71. The Morgan fingerprint density at radius 1 is 1.11 bits per heavy atom. The topological polar surface area (TPSA) is 8.81 Å². The Hall–Kier alpha value is -0.790. The second-order valence-electron chi connectivity index (χ2n) is 5.70. The molecule has 1 heterocycles. The van der Waals surface area contributed by atoms with Gasteiger partial charge < -0.3 is 0 Å². The third-order valence-electron chi connectivity index (χ3n) is 3.77. The van der Waals surface area contributed by atoms with Gasteiger partial charge in [0.15, 0.2) is 0 Å². The number of nitrogens with zero attached hydrogens (tertiary/aromatic N) is 2. The van der Waals surface area contributed by atoms with Crippen molar-refractivity contribution in [1.29, 1.82) is 0 Å². The fourth-order valence-electron chi connectivity index (χ4n) is 2.73. The van der Waals surface area contributed by atoms with Gasteiger partial charge >= 0.3 is 0 Å². The second-order valence-corrected chi connectivity index (χ2v) is 5.70. The largest absolute Gasteiger partial charge is 0.259 e. The number of hydrogen-bond acceptors (Lipinski definition) is 0. The van der Waals surface area contributed by atoms with Crippen LogP contribution in [-0.2, 0) is 6.54 Å². The van der Waals surface area contributed by atoms with Gasteiger partial charge in [0.1, 0.15) is 12.4 Å². The van der Waals surface area contributed by atoms with E-state index < -0.39 is 0 Å². The van der Waals surface area contributed by atoms with Crippen LogP contribution in [0.2, 0.25) is 0 Å². The predicted octanol–water partition coefficient (Wildman–Crippen LogP) is 4.45. The molecule has 0 aromatic carbocycles. The molecule has 104 valence electrons. The van der Waals surface area contributed by atoms with E-state index in [1.165, 1.54) is 37.9 Å². The zero-order valence-electron chi connectivity index (χ0n) is 12.9. The lowest BCUT2D eigenvalue weighted by molar-refractivity contribution is -0.701. The molecule has 2 heteroatoms. The molecule has 0 amide bonds. The minimum absolute atomic E-state index is 0.595. The summed E-state index contributed by atoms with van der Waals surface area (Å²) < 4.78 is 4.87. The van der Waals surface area contributed by atoms with Gasteiger partial charge in [0.2, 0.25) is 0 Å². The van der Waals surface area contributed by atoms with Gasteiger partial charge in [-0.25, -0.2) is 9.13 Å². The molecular weight excluding hydrogens is 220 g/mol. The van der Waals surface area contributed by atoms with E-state index >= 15 is 0 Å². The van der Waals surface area contributed by atoms with Gasteiger partial charge in [0.25, 0.3) is 5.82 Å². The van der Waals surface area contributed by atoms with Gasteiger partial charge in [-0.15, -0.1) is 0 Å². The van der Waals surface area contributed by atoms with Gasteiger partial charge in [0, 0.05) is 0 Å². The average Bonchev–Trinajstić information content (AvgIpc) is 2.78. The molecule has 0 aliphatic rings. The van der Waals surface area contributed by atoms with Crippen LogP contribution in [0.3, 0.4) is 0 Å². The summed E-state index contributed by atoms with van der Waals surface area (Å²) in [5.41, 5.74) is 0. The maximum Gasteiger partial charge on any atom is 0.259 e. The van der Waals surface area contributed by atoms with Crippen molar-refractivity contribution >= 4 is 0 Å². The second kappa shape index (κ2) is 7.60. The van der Waals surface area contributed by atoms with E-state index in [4.69, 9.17) is 0 Å².